The van der Waals surface area contributed by atoms with E-state index < -0.39 is 20.0 Å². The van der Waals surface area contributed by atoms with Crippen LogP contribution in [0.15, 0.2) is 48.6 Å². The summed E-state index contributed by atoms with van der Waals surface area (Å²) in [7, 11) is 1.51. The lowest BCUT2D eigenvalue weighted by Crippen LogP contribution is -2.47. The summed E-state index contributed by atoms with van der Waals surface area (Å²) in [5.41, 5.74) is 0. The molecule has 0 rings (SSSR count). The number of allylic oxidation sites excluding steroid dienone is 7. The Hall–Kier alpha value is -2.03. The molecule has 0 saturated carbocycles. The number of nitrogens with one attached hydrogen (secondary N) is 1. The number of hydrogen-bond acceptors (Lipinski definition) is 6. The van der Waals surface area contributed by atoms with Gasteiger partial charge in [0, 0.05) is 12.8 Å². The van der Waals surface area contributed by atoms with E-state index in [4.69, 9.17) is 13.8 Å². The van der Waals surface area contributed by atoms with E-state index in [9.17, 15) is 19.0 Å². The number of hydrogen-bond donors (Lipinski definition) is 2. The summed E-state index contributed by atoms with van der Waals surface area (Å²) in [5, 5.41) is 3.08. The van der Waals surface area contributed by atoms with E-state index in [0.717, 1.165) is 70.6 Å². The molecular weight excluding hydrogens is 1050 g/mol. The molecule has 0 aromatic rings. The first-order valence-corrected chi connectivity index (χ1v) is 37.5. The first-order valence-electron chi connectivity index (χ1n) is 36.0. The van der Waals surface area contributed by atoms with Crippen LogP contribution in [0.2, 0.25) is 0 Å². The molecule has 9 nitrogen and oxygen atoms in total. The summed E-state index contributed by atoms with van der Waals surface area (Å²) >= 11 is 0. The average Bonchev–Trinajstić information content (AvgIpc) is 3.46. The van der Waals surface area contributed by atoms with Crippen molar-refractivity contribution in [3.05, 3.63) is 48.6 Å². The third kappa shape index (κ3) is 64.3. The largest absolute Gasteiger partial charge is 0.472 e. The molecule has 2 N–H and O–H groups in total. The SMILES string of the molecule is CCCCC/C=C\C/C=C\C/C=C\CCCCCCCCCCCCCCC(=O)OC(/C=C/CCCCCCCCCCCCC)C(COP(=O)(O)OCC[N+](C)(C)C)NC(=O)CCCCCCCCCCCCCCCCCCCCC. The summed E-state index contributed by atoms with van der Waals surface area (Å²) in [5.74, 6) is -0.488. The number of nitrogens with zero attached hydrogens (tertiary/aromatic N) is 1. The zero-order valence-electron chi connectivity index (χ0n) is 56.0. The summed E-state index contributed by atoms with van der Waals surface area (Å²) in [4.78, 5) is 37.9. The quantitative estimate of drug-likeness (QED) is 0.0205. The Morgan fingerprint density at radius 1 is 0.422 bits per heavy atom. The van der Waals surface area contributed by atoms with E-state index in [1.165, 1.54) is 250 Å². The van der Waals surface area contributed by atoms with Crippen molar-refractivity contribution in [1.29, 1.82) is 0 Å². The van der Waals surface area contributed by atoms with Gasteiger partial charge < -0.3 is 19.4 Å². The van der Waals surface area contributed by atoms with Crippen LogP contribution in [0.25, 0.3) is 0 Å². The number of likely N-dealkylation sites (N-methyl/N-ethyl adjacent to an activating group) is 1. The van der Waals surface area contributed by atoms with Gasteiger partial charge in [0.25, 0.3) is 0 Å². The molecule has 0 aromatic heterocycles. The molecule has 0 aliphatic heterocycles. The number of carbonyl (C=O) groups excluding carboxylic acids is 2. The minimum atomic E-state index is -4.45. The highest BCUT2D eigenvalue weighted by molar-refractivity contribution is 7.47. The van der Waals surface area contributed by atoms with E-state index in [1.807, 2.05) is 27.2 Å². The van der Waals surface area contributed by atoms with Crippen LogP contribution in [0.1, 0.15) is 355 Å². The topological polar surface area (TPSA) is 111 Å². The second kappa shape index (κ2) is 63.0. The summed E-state index contributed by atoms with van der Waals surface area (Å²) < 4.78 is 30.9. The smallest absolute Gasteiger partial charge is 0.456 e. The maximum absolute atomic E-state index is 13.6. The van der Waals surface area contributed by atoms with E-state index in [-0.39, 0.29) is 25.1 Å². The first-order chi connectivity index (χ1) is 40.4. The van der Waals surface area contributed by atoms with Gasteiger partial charge in [-0.15, -0.1) is 0 Å². The molecule has 3 unspecified atom stereocenters. The van der Waals surface area contributed by atoms with Crippen LogP contribution in [0.5, 0.6) is 0 Å². The molecule has 0 heterocycles. The van der Waals surface area contributed by atoms with Crippen molar-refractivity contribution in [3.63, 3.8) is 0 Å². The van der Waals surface area contributed by atoms with Gasteiger partial charge in [-0.05, 0) is 70.3 Å². The number of phosphoric ester groups is 1. The van der Waals surface area contributed by atoms with Crippen LogP contribution < -0.4 is 5.32 Å². The number of quaternary nitrogens is 1. The standard InChI is InChI=1S/C73H139N2O7P/c1-7-10-13-16-19-22-25-28-30-32-34-35-36-37-38-39-41-43-45-48-51-54-57-60-63-66-73(77)82-71(64-61-58-55-52-49-46-27-24-21-18-15-12-9-3)70(69-81-83(78,79)80-68-67-75(4,5)6)74-72(76)65-62-59-56-53-50-47-44-42-40-33-31-29-26-23-20-17-14-11-8-2/h19,22,28,30,34-35,61,64,70-71H,7-18,20-21,23-27,29,31-33,36-60,62-63,65-69H2,1-6H3,(H-,74,76,78,79)/p+1/b22-19-,30-28-,35-34-,64-61+. The maximum Gasteiger partial charge on any atom is 0.472 e. The zero-order valence-corrected chi connectivity index (χ0v) is 56.8. The fourth-order valence-corrected chi connectivity index (χ4v) is 11.5. The van der Waals surface area contributed by atoms with E-state index in [2.05, 4.69) is 68.6 Å². The predicted octanol–water partition coefficient (Wildman–Crippen LogP) is 22.8. The third-order valence-corrected chi connectivity index (χ3v) is 17.3. The van der Waals surface area contributed by atoms with E-state index in [1.54, 1.807) is 0 Å². The Morgan fingerprint density at radius 2 is 0.735 bits per heavy atom. The molecule has 0 aromatic carbocycles. The third-order valence-electron chi connectivity index (χ3n) is 16.3. The van der Waals surface area contributed by atoms with Crippen LogP contribution in [0, 0.1) is 0 Å². The number of esters is 1. The summed E-state index contributed by atoms with van der Waals surface area (Å²) in [6.07, 6.45) is 79.7. The van der Waals surface area contributed by atoms with Crippen molar-refractivity contribution in [1.82, 2.24) is 5.32 Å². The van der Waals surface area contributed by atoms with Crippen LogP contribution in [0.3, 0.4) is 0 Å². The Balaban J connectivity index is 5.07. The number of amides is 1. The van der Waals surface area contributed by atoms with Gasteiger partial charge in [0.2, 0.25) is 5.91 Å². The molecule has 0 fully saturated rings. The van der Waals surface area contributed by atoms with E-state index >= 15 is 0 Å². The van der Waals surface area contributed by atoms with Gasteiger partial charge in [0.1, 0.15) is 19.3 Å². The second-order valence-electron chi connectivity index (χ2n) is 25.8. The summed E-state index contributed by atoms with van der Waals surface area (Å²) in [6, 6.07) is -0.847. The monoisotopic (exact) mass is 1190 g/mol. The minimum absolute atomic E-state index is 0.0422. The van der Waals surface area contributed by atoms with Crippen molar-refractivity contribution in [2.24, 2.45) is 0 Å². The fraction of sp³-hybridized carbons (Fsp3) is 0.863. The minimum Gasteiger partial charge on any atom is -0.456 e. The van der Waals surface area contributed by atoms with Gasteiger partial charge in [-0.1, -0.05) is 320 Å². The lowest BCUT2D eigenvalue weighted by atomic mass is 10.0. The van der Waals surface area contributed by atoms with Crippen molar-refractivity contribution in [3.8, 4) is 0 Å². The van der Waals surface area contributed by atoms with Crippen molar-refractivity contribution < 1.29 is 37.3 Å². The molecule has 0 aliphatic carbocycles. The Kier molecular flexibility index (Phi) is 61.5. The predicted molar refractivity (Wildman–Crippen MR) is 360 cm³/mol. The molecule has 1 amide bonds. The molecule has 3 atom stereocenters. The number of ether oxygens (including phenoxy) is 1. The Bertz CT molecular complexity index is 1560. The van der Waals surface area contributed by atoms with Gasteiger partial charge in [-0.2, -0.15) is 0 Å². The van der Waals surface area contributed by atoms with Gasteiger partial charge in [-0.25, -0.2) is 4.57 Å². The fourth-order valence-electron chi connectivity index (χ4n) is 10.7. The van der Waals surface area contributed by atoms with Gasteiger partial charge in [-0.3, -0.25) is 18.6 Å². The van der Waals surface area contributed by atoms with E-state index in [0.29, 0.717) is 23.9 Å². The highest BCUT2D eigenvalue weighted by Crippen LogP contribution is 2.43. The molecule has 0 radical (unpaired) electrons. The number of rotatable bonds is 66. The van der Waals surface area contributed by atoms with Crippen LogP contribution in [-0.4, -0.2) is 74.3 Å². The van der Waals surface area contributed by atoms with Crippen molar-refractivity contribution in [2.45, 2.75) is 367 Å². The van der Waals surface area contributed by atoms with Crippen LogP contribution in [-0.2, 0) is 27.9 Å². The maximum atomic E-state index is 13.6. The van der Waals surface area contributed by atoms with Crippen LogP contribution in [0.4, 0.5) is 0 Å². The highest BCUT2D eigenvalue weighted by Gasteiger charge is 2.30. The molecule has 10 heteroatoms. The molecule has 83 heavy (non-hydrogen) atoms. The Labute approximate surface area is 516 Å². The van der Waals surface area contributed by atoms with Crippen molar-refractivity contribution in [2.75, 3.05) is 40.9 Å². The first kappa shape index (κ1) is 81.0. The highest BCUT2D eigenvalue weighted by atomic mass is 31.2. The zero-order chi connectivity index (χ0) is 60.7. The molecule has 0 aliphatic rings. The molecular formula is C73H140N2O7P+. The van der Waals surface area contributed by atoms with Crippen molar-refractivity contribution >= 4 is 19.7 Å². The molecule has 0 bridgehead atoms. The normalized spacial score (nSPS) is 13.8. The average molecular weight is 1190 g/mol. The number of unbranched alkanes of at least 4 members (excludes halogenated alkanes) is 44. The number of phosphoric acid groups is 1. The van der Waals surface area contributed by atoms with Gasteiger partial charge in [0.05, 0.1) is 33.8 Å². The van der Waals surface area contributed by atoms with Crippen LogP contribution >= 0.6 is 7.82 Å². The molecule has 0 spiro atoms. The number of carbonyl (C=O) groups is 2. The molecule has 488 valence electrons. The summed E-state index contributed by atoms with van der Waals surface area (Å²) in [6.45, 7) is 7.04. The molecule has 0 saturated heterocycles. The lowest BCUT2D eigenvalue weighted by molar-refractivity contribution is -0.870. The van der Waals surface area contributed by atoms with Gasteiger partial charge in [0.15, 0.2) is 0 Å². The Morgan fingerprint density at radius 3 is 1.12 bits per heavy atom. The second-order valence-corrected chi connectivity index (χ2v) is 27.2. The van der Waals surface area contributed by atoms with Gasteiger partial charge >= 0.3 is 13.8 Å². The lowest BCUT2D eigenvalue weighted by Gasteiger charge is -2.27.